The Morgan fingerprint density at radius 2 is 1.58 bits per heavy atom. The van der Waals surface area contributed by atoms with E-state index in [1.165, 1.54) is 0 Å². The van der Waals surface area contributed by atoms with Gasteiger partial charge in [0.1, 0.15) is 5.60 Å². The number of amides is 2. The van der Waals surface area contributed by atoms with Gasteiger partial charge in [0.05, 0.1) is 6.54 Å². The van der Waals surface area contributed by atoms with Crippen LogP contribution in [-0.2, 0) is 9.53 Å². The number of carbonyl (C=O) groups excluding carboxylic acids is 2. The molecule has 2 N–H and O–H groups in total. The Bertz CT molecular complexity index is 364. The summed E-state index contributed by atoms with van der Waals surface area (Å²) in [7, 11) is 0. The van der Waals surface area contributed by atoms with Crippen LogP contribution in [0.3, 0.4) is 0 Å². The highest BCUT2D eigenvalue weighted by atomic mass is 16.6. The first kappa shape index (κ1) is 14.1. The topological polar surface area (TPSA) is 75.9 Å². The normalized spacial score (nSPS) is 26.5. The molecule has 6 heteroatoms. The number of likely N-dealkylation sites (tertiary alicyclic amines) is 2. The molecule has 19 heavy (non-hydrogen) atoms. The van der Waals surface area contributed by atoms with Gasteiger partial charge >= 0.3 is 6.09 Å². The van der Waals surface area contributed by atoms with Crippen LogP contribution in [0.1, 0.15) is 20.8 Å². The van der Waals surface area contributed by atoms with E-state index >= 15 is 0 Å². The van der Waals surface area contributed by atoms with Crippen LogP contribution in [-0.4, -0.2) is 60.1 Å². The van der Waals surface area contributed by atoms with E-state index in [9.17, 15) is 9.59 Å². The van der Waals surface area contributed by atoms with Gasteiger partial charge in [0.15, 0.2) is 0 Å². The van der Waals surface area contributed by atoms with Gasteiger partial charge in [-0.1, -0.05) is 0 Å². The van der Waals surface area contributed by atoms with Crippen LogP contribution in [0.4, 0.5) is 4.79 Å². The summed E-state index contributed by atoms with van der Waals surface area (Å²) in [4.78, 5) is 27.1. The molecule has 108 valence electrons. The van der Waals surface area contributed by atoms with E-state index in [1.54, 1.807) is 4.90 Å². The smallest absolute Gasteiger partial charge is 0.410 e. The third-order valence-electron chi connectivity index (χ3n) is 3.67. The SMILES string of the molecule is CC(C)(C)OC(=O)N1CC2CN(C(=O)CN)CC2C1. The van der Waals surface area contributed by atoms with Crippen LogP contribution in [0.2, 0.25) is 0 Å². The van der Waals surface area contributed by atoms with Gasteiger partial charge in [0, 0.05) is 38.0 Å². The molecule has 6 nitrogen and oxygen atoms in total. The maximum absolute atomic E-state index is 12.0. The van der Waals surface area contributed by atoms with E-state index in [4.69, 9.17) is 10.5 Å². The summed E-state index contributed by atoms with van der Waals surface area (Å²) in [6, 6.07) is 0. The van der Waals surface area contributed by atoms with Crippen molar-refractivity contribution in [2.45, 2.75) is 26.4 Å². The summed E-state index contributed by atoms with van der Waals surface area (Å²) in [5, 5.41) is 0. The minimum absolute atomic E-state index is 0.00165. The van der Waals surface area contributed by atoms with E-state index in [1.807, 2.05) is 25.7 Å². The highest BCUT2D eigenvalue weighted by Crippen LogP contribution is 2.31. The molecule has 2 fully saturated rings. The van der Waals surface area contributed by atoms with E-state index in [2.05, 4.69) is 0 Å². The molecule has 0 aromatic rings. The number of hydrogen-bond acceptors (Lipinski definition) is 4. The molecule has 2 amide bonds. The minimum atomic E-state index is -0.462. The Balaban J connectivity index is 1.87. The van der Waals surface area contributed by atoms with Gasteiger partial charge in [-0.05, 0) is 20.8 Å². The predicted molar refractivity (Wildman–Crippen MR) is 70.4 cm³/mol. The van der Waals surface area contributed by atoms with Crippen LogP contribution < -0.4 is 5.73 Å². The molecular formula is C13H23N3O3. The largest absolute Gasteiger partial charge is 0.444 e. The van der Waals surface area contributed by atoms with Crippen molar-refractivity contribution in [3.05, 3.63) is 0 Å². The maximum Gasteiger partial charge on any atom is 0.410 e. The van der Waals surface area contributed by atoms with E-state index < -0.39 is 5.60 Å². The monoisotopic (exact) mass is 269 g/mol. The number of carbonyl (C=O) groups is 2. The number of hydrogen-bond donors (Lipinski definition) is 1. The first-order valence-corrected chi connectivity index (χ1v) is 6.76. The average molecular weight is 269 g/mol. The fraction of sp³-hybridized carbons (Fsp3) is 0.846. The molecular weight excluding hydrogens is 246 g/mol. The van der Waals surface area contributed by atoms with Crippen LogP contribution in [0.15, 0.2) is 0 Å². The van der Waals surface area contributed by atoms with Gasteiger partial charge in [-0.2, -0.15) is 0 Å². The van der Waals surface area contributed by atoms with Gasteiger partial charge < -0.3 is 20.3 Å². The fourth-order valence-electron chi connectivity index (χ4n) is 2.80. The van der Waals surface area contributed by atoms with Crippen molar-refractivity contribution in [3.63, 3.8) is 0 Å². The Morgan fingerprint density at radius 1 is 1.11 bits per heavy atom. The predicted octanol–water partition coefficient (Wildman–Crippen LogP) is 0.270. The van der Waals surface area contributed by atoms with Crippen LogP contribution >= 0.6 is 0 Å². The van der Waals surface area contributed by atoms with Crippen molar-refractivity contribution in [2.75, 3.05) is 32.7 Å². The van der Waals surface area contributed by atoms with Crippen molar-refractivity contribution in [2.24, 2.45) is 17.6 Å². The molecule has 2 aliphatic heterocycles. The number of ether oxygens (including phenoxy) is 1. The first-order valence-electron chi connectivity index (χ1n) is 6.76. The van der Waals surface area contributed by atoms with E-state index in [0.717, 1.165) is 0 Å². The van der Waals surface area contributed by atoms with Crippen LogP contribution in [0.25, 0.3) is 0 Å². The molecule has 0 aliphatic carbocycles. The Morgan fingerprint density at radius 3 is 2.00 bits per heavy atom. The number of nitrogens with zero attached hydrogens (tertiary/aromatic N) is 2. The van der Waals surface area contributed by atoms with Crippen molar-refractivity contribution >= 4 is 12.0 Å². The number of rotatable bonds is 1. The summed E-state index contributed by atoms with van der Waals surface area (Å²) in [6.45, 7) is 8.42. The highest BCUT2D eigenvalue weighted by Gasteiger charge is 2.43. The molecule has 0 spiro atoms. The summed E-state index contributed by atoms with van der Waals surface area (Å²) in [5.41, 5.74) is 4.91. The third-order valence-corrected chi connectivity index (χ3v) is 3.67. The molecule has 2 heterocycles. The lowest BCUT2D eigenvalue weighted by Gasteiger charge is -2.26. The molecule has 0 aromatic carbocycles. The summed E-state index contributed by atoms with van der Waals surface area (Å²) >= 11 is 0. The lowest BCUT2D eigenvalue weighted by Crippen LogP contribution is -2.39. The molecule has 2 saturated heterocycles. The second-order valence-corrected chi connectivity index (χ2v) is 6.41. The molecule has 0 radical (unpaired) electrons. The van der Waals surface area contributed by atoms with Crippen molar-refractivity contribution in [1.29, 1.82) is 0 Å². The molecule has 2 unspecified atom stereocenters. The van der Waals surface area contributed by atoms with Crippen molar-refractivity contribution < 1.29 is 14.3 Å². The zero-order valence-corrected chi connectivity index (χ0v) is 11.9. The maximum atomic E-state index is 12.0. The lowest BCUT2D eigenvalue weighted by atomic mass is 10.0. The Kier molecular flexibility index (Phi) is 3.71. The molecule has 0 bridgehead atoms. The summed E-state index contributed by atoms with van der Waals surface area (Å²) in [6.07, 6.45) is -0.251. The molecule has 0 saturated carbocycles. The third kappa shape index (κ3) is 3.18. The van der Waals surface area contributed by atoms with Crippen molar-refractivity contribution in [3.8, 4) is 0 Å². The molecule has 2 rings (SSSR count). The van der Waals surface area contributed by atoms with E-state index in [0.29, 0.717) is 38.0 Å². The zero-order valence-electron chi connectivity index (χ0n) is 11.9. The number of nitrogens with two attached hydrogens (primary N) is 1. The van der Waals surface area contributed by atoms with E-state index in [-0.39, 0.29) is 18.5 Å². The van der Waals surface area contributed by atoms with Gasteiger partial charge in [-0.15, -0.1) is 0 Å². The Hall–Kier alpha value is -1.30. The van der Waals surface area contributed by atoms with Gasteiger partial charge in [-0.3, -0.25) is 4.79 Å². The molecule has 2 aliphatic rings. The lowest BCUT2D eigenvalue weighted by molar-refractivity contribution is -0.128. The molecule has 0 aromatic heterocycles. The van der Waals surface area contributed by atoms with Gasteiger partial charge in [0.2, 0.25) is 5.91 Å². The minimum Gasteiger partial charge on any atom is -0.444 e. The molecule has 2 atom stereocenters. The average Bonchev–Trinajstić information content (AvgIpc) is 2.82. The quantitative estimate of drug-likeness (QED) is 0.741. The number of fused-ring (bicyclic) bond motifs is 1. The Labute approximate surface area is 113 Å². The first-order chi connectivity index (χ1) is 8.80. The van der Waals surface area contributed by atoms with Gasteiger partial charge in [-0.25, -0.2) is 4.79 Å². The van der Waals surface area contributed by atoms with Crippen molar-refractivity contribution in [1.82, 2.24) is 9.80 Å². The fourth-order valence-corrected chi connectivity index (χ4v) is 2.80. The zero-order chi connectivity index (χ0) is 14.2. The standard InChI is InChI=1S/C13H23N3O3/c1-13(2,3)19-12(18)16-7-9-5-15(11(17)4-14)6-10(9)8-16/h9-10H,4-8,14H2,1-3H3. The second kappa shape index (κ2) is 5.00. The van der Waals surface area contributed by atoms with Crippen LogP contribution in [0.5, 0.6) is 0 Å². The highest BCUT2D eigenvalue weighted by molar-refractivity contribution is 5.78. The van der Waals surface area contributed by atoms with Crippen LogP contribution in [0, 0.1) is 11.8 Å². The van der Waals surface area contributed by atoms with Gasteiger partial charge in [0.25, 0.3) is 0 Å². The summed E-state index contributed by atoms with van der Waals surface area (Å²) < 4.78 is 5.37. The summed E-state index contributed by atoms with van der Waals surface area (Å²) in [5.74, 6) is 0.726. The second-order valence-electron chi connectivity index (χ2n) is 6.41.